The SMILES string of the molecule is COC1(Cc2ccc(CN)cc2)CC1. The lowest BCUT2D eigenvalue weighted by Gasteiger charge is -2.13. The molecule has 0 bridgehead atoms. The van der Waals surface area contributed by atoms with Crippen LogP contribution < -0.4 is 5.73 Å². The molecule has 1 saturated carbocycles. The van der Waals surface area contributed by atoms with Crippen LogP contribution in [0.1, 0.15) is 24.0 Å². The number of ether oxygens (including phenoxy) is 1. The van der Waals surface area contributed by atoms with Gasteiger partial charge >= 0.3 is 0 Å². The van der Waals surface area contributed by atoms with Crippen LogP contribution in [0.3, 0.4) is 0 Å². The lowest BCUT2D eigenvalue weighted by Crippen LogP contribution is -2.14. The fourth-order valence-corrected chi connectivity index (χ4v) is 1.76. The topological polar surface area (TPSA) is 35.2 Å². The molecule has 76 valence electrons. The van der Waals surface area contributed by atoms with Gasteiger partial charge in [0, 0.05) is 20.1 Å². The molecule has 2 nitrogen and oxygen atoms in total. The highest BCUT2D eigenvalue weighted by Gasteiger charge is 2.42. The van der Waals surface area contributed by atoms with Gasteiger partial charge in [0.2, 0.25) is 0 Å². The number of nitrogens with two attached hydrogens (primary N) is 1. The minimum atomic E-state index is 0.157. The van der Waals surface area contributed by atoms with Gasteiger partial charge in [-0.3, -0.25) is 0 Å². The molecule has 0 saturated heterocycles. The van der Waals surface area contributed by atoms with E-state index in [-0.39, 0.29) is 5.60 Å². The van der Waals surface area contributed by atoms with Crippen LogP contribution in [0.25, 0.3) is 0 Å². The molecule has 1 aliphatic carbocycles. The van der Waals surface area contributed by atoms with Crippen molar-refractivity contribution < 1.29 is 4.74 Å². The van der Waals surface area contributed by atoms with Crippen molar-refractivity contribution in [3.05, 3.63) is 35.4 Å². The molecule has 1 fully saturated rings. The summed E-state index contributed by atoms with van der Waals surface area (Å²) >= 11 is 0. The molecule has 0 aliphatic heterocycles. The van der Waals surface area contributed by atoms with Crippen molar-refractivity contribution in [1.29, 1.82) is 0 Å². The van der Waals surface area contributed by atoms with E-state index in [0.29, 0.717) is 6.54 Å². The normalized spacial score (nSPS) is 18.1. The third-order valence-corrected chi connectivity index (χ3v) is 3.03. The number of methoxy groups -OCH3 is 1. The molecule has 1 aromatic rings. The summed E-state index contributed by atoms with van der Waals surface area (Å²) in [6, 6.07) is 8.50. The quantitative estimate of drug-likeness (QED) is 0.788. The second kappa shape index (κ2) is 3.71. The first-order chi connectivity index (χ1) is 6.78. The lowest BCUT2D eigenvalue weighted by atomic mass is 10.0. The maximum absolute atomic E-state index is 5.54. The first-order valence-corrected chi connectivity index (χ1v) is 5.11. The van der Waals surface area contributed by atoms with Crippen LogP contribution in [0.15, 0.2) is 24.3 Å². The molecule has 0 atom stereocenters. The number of hydrogen-bond acceptors (Lipinski definition) is 2. The summed E-state index contributed by atoms with van der Waals surface area (Å²) in [5, 5.41) is 0. The molecule has 2 N–H and O–H groups in total. The van der Waals surface area contributed by atoms with E-state index in [4.69, 9.17) is 10.5 Å². The van der Waals surface area contributed by atoms with E-state index in [0.717, 1.165) is 6.42 Å². The summed E-state index contributed by atoms with van der Waals surface area (Å²) in [6.07, 6.45) is 3.43. The van der Waals surface area contributed by atoms with E-state index in [2.05, 4.69) is 24.3 Å². The van der Waals surface area contributed by atoms with Gasteiger partial charge in [0.25, 0.3) is 0 Å². The number of hydrogen-bond donors (Lipinski definition) is 1. The Balaban J connectivity index is 2.03. The summed E-state index contributed by atoms with van der Waals surface area (Å²) in [5.74, 6) is 0. The largest absolute Gasteiger partial charge is 0.378 e. The Kier molecular flexibility index (Phi) is 2.57. The summed E-state index contributed by atoms with van der Waals surface area (Å²) in [5.41, 5.74) is 8.24. The van der Waals surface area contributed by atoms with Gasteiger partial charge in [-0.2, -0.15) is 0 Å². The highest BCUT2D eigenvalue weighted by Crippen LogP contribution is 2.41. The first-order valence-electron chi connectivity index (χ1n) is 5.11. The molecule has 1 aliphatic rings. The van der Waals surface area contributed by atoms with Crippen molar-refractivity contribution in [2.24, 2.45) is 5.73 Å². The Hall–Kier alpha value is -0.860. The molecule has 14 heavy (non-hydrogen) atoms. The molecular weight excluding hydrogens is 174 g/mol. The number of benzene rings is 1. The van der Waals surface area contributed by atoms with Crippen molar-refractivity contribution in [3.63, 3.8) is 0 Å². The van der Waals surface area contributed by atoms with Gasteiger partial charge < -0.3 is 10.5 Å². The van der Waals surface area contributed by atoms with Crippen LogP contribution in [0.4, 0.5) is 0 Å². The summed E-state index contributed by atoms with van der Waals surface area (Å²) in [4.78, 5) is 0. The highest BCUT2D eigenvalue weighted by molar-refractivity contribution is 5.25. The fourth-order valence-electron chi connectivity index (χ4n) is 1.76. The van der Waals surface area contributed by atoms with Crippen LogP contribution in [0, 0.1) is 0 Å². The molecule has 0 unspecified atom stereocenters. The minimum absolute atomic E-state index is 0.157. The maximum atomic E-state index is 5.54. The highest BCUT2D eigenvalue weighted by atomic mass is 16.5. The predicted molar refractivity (Wildman–Crippen MR) is 57.0 cm³/mol. The van der Waals surface area contributed by atoms with E-state index >= 15 is 0 Å². The van der Waals surface area contributed by atoms with E-state index < -0.39 is 0 Å². The zero-order valence-corrected chi connectivity index (χ0v) is 8.62. The van der Waals surface area contributed by atoms with Gasteiger partial charge in [-0.1, -0.05) is 24.3 Å². The Morgan fingerprint density at radius 2 is 1.79 bits per heavy atom. The van der Waals surface area contributed by atoms with Crippen molar-refractivity contribution in [1.82, 2.24) is 0 Å². The molecular formula is C12H17NO. The van der Waals surface area contributed by atoms with E-state index in [1.807, 2.05) is 0 Å². The molecule has 0 amide bonds. The van der Waals surface area contributed by atoms with Crippen LogP contribution >= 0.6 is 0 Å². The van der Waals surface area contributed by atoms with Crippen LogP contribution in [-0.2, 0) is 17.7 Å². The lowest BCUT2D eigenvalue weighted by molar-refractivity contribution is 0.0807. The summed E-state index contributed by atoms with van der Waals surface area (Å²) < 4.78 is 5.48. The molecule has 1 aromatic carbocycles. The standard InChI is InChI=1S/C12H17NO/c1-14-12(6-7-12)8-10-2-4-11(9-13)5-3-10/h2-5H,6-9,13H2,1H3. The molecule has 0 radical (unpaired) electrons. The van der Waals surface area contributed by atoms with Crippen LogP contribution in [0.5, 0.6) is 0 Å². The predicted octanol–water partition coefficient (Wildman–Crippen LogP) is 1.87. The van der Waals surface area contributed by atoms with Gasteiger partial charge in [-0.15, -0.1) is 0 Å². The molecule has 2 heteroatoms. The maximum Gasteiger partial charge on any atom is 0.0721 e. The zero-order valence-electron chi connectivity index (χ0n) is 8.62. The Bertz CT molecular complexity index is 301. The zero-order chi connectivity index (χ0) is 10.0. The Morgan fingerprint density at radius 3 is 2.21 bits per heavy atom. The fraction of sp³-hybridized carbons (Fsp3) is 0.500. The van der Waals surface area contributed by atoms with Crippen LogP contribution in [-0.4, -0.2) is 12.7 Å². The van der Waals surface area contributed by atoms with Crippen molar-refractivity contribution in [3.8, 4) is 0 Å². The summed E-state index contributed by atoms with van der Waals surface area (Å²) in [6.45, 7) is 0.621. The van der Waals surface area contributed by atoms with Crippen molar-refractivity contribution in [2.45, 2.75) is 31.4 Å². The Morgan fingerprint density at radius 1 is 1.21 bits per heavy atom. The van der Waals surface area contributed by atoms with Crippen molar-refractivity contribution in [2.75, 3.05) is 7.11 Å². The van der Waals surface area contributed by atoms with Crippen molar-refractivity contribution >= 4 is 0 Å². The minimum Gasteiger partial charge on any atom is -0.378 e. The van der Waals surface area contributed by atoms with E-state index in [9.17, 15) is 0 Å². The average molecular weight is 191 g/mol. The number of rotatable bonds is 4. The monoisotopic (exact) mass is 191 g/mol. The third kappa shape index (κ3) is 1.97. The smallest absolute Gasteiger partial charge is 0.0721 e. The third-order valence-electron chi connectivity index (χ3n) is 3.03. The van der Waals surface area contributed by atoms with Gasteiger partial charge in [0.05, 0.1) is 5.60 Å². The molecule has 2 rings (SSSR count). The van der Waals surface area contributed by atoms with Gasteiger partial charge in [-0.05, 0) is 24.0 Å². The van der Waals surface area contributed by atoms with Crippen LogP contribution in [0.2, 0.25) is 0 Å². The van der Waals surface area contributed by atoms with E-state index in [1.165, 1.54) is 24.0 Å². The average Bonchev–Trinajstić information content (AvgIpc) is 3.00. The van der Waals surface area contributed by atoms with E-state index in [1.54, 1.807) is 7.11 Å². The molecule has 0 heterocycles. The van der Waals surface area contributed by atoms with Gasteiger partial charge in [-0.25, -0.2) is 0 Å². The van der Waals surface area contributed by atoms with Gasteiger partial charge in [0.1, 0.15) is 0 Å². The Labute approximate surface area is 85.1 Å². The summed E-state index contributed by atoms with van der Waals surface area (Å²) in [7, 11) is 1.81. The molecule has 0 aromatic heterocycles. The molecule has 0 spiro atoms. The van der Waals surface area contributed by atoms with Gasteiger partial charge in [0.15, 0.2) is 0 Å². The second-order valence-electron chi connectivity index (χ2n) is 4.08. The second-order valence-corrected chi connectivity index (χ2v) is 4.08. The first kappa shape index (κ1) is 9.69.